The van der Waals surface area contributed by atoms with Crippen LogP contribution in [0.5, 0.6) is 0 Å². The number of rotatable bonds is 4. The van der Waals surface area contributed by atoms with Crippen LogP contribution in [0.1, 0.15) is 47.0 Å². The van der Waals surface area contributed by atoms with E-state index in [-0.39, 0.29) is 10.9 Å². The highest BCUT2D eigenvalue weighted by Gasteiger charge is 2.35. The molecule has 1 heterocycles. The molecule has 1 aliphatic heterocycles. The van der Waals surface area contributed by atoms with Crippen molar-refractivity contribution in [1.29, 1.82) is 0 Å². The summed E-state index contributed by atoms with van der Waals surface area (Å²) >= 11 is 3.44. The number of nitrogens with one attached hydrogen (secondary N) is 1. The molecule has 1 N–H and O–H groups in total. The lowest BCUT2D eigenvalue weighted by Crippen LogP contribution is -2.56. The first-order chi connectivity index (χ1) is 7.67. The van der Waals surface area contributed by atoms with Crippen molar-refractivity contribution in [2.24, 2.45) is 0 Å². The SMILES string of the molecule is CC1CCCCN1S(=O)(=O)NC(C)(C)C(C)Br. The third-order valence-electron chi connectivity index (χ3n) is 3.44. The summed E-state index contributed by atoms with van der Waals surface area (Å²) in [7, 11) is -3.38. The Bertz CT molecular complexity index is 354. The number of nitrogens with zero attached hydrogens (tertiary/aromatic N) is 1. The van der Waals surface area contributed by atoms with Crippen LogP contribution in [0.3, 0.4) is 0 Å². The lowest BCUT2D eigenvalue weighted by Gasteiger charge is -2.36. The molecular weight excluding hydrogens is 304 g/mol. The van der Waals surface area contributed by atoms with Gasteiger partial charge in [0.15, 0.2) is 0 Å². The molecule has 0 aliphatic carbocycles. The monoisotopic (exact) mass is 326 g/mol. The van der Waals surface area contributed by atoms with Gasteiger partial charge in [0.2, 0.25) is 0 Å². The second-order valence-corrected chi connectivity index (χ2v) is 8.40. The minimum atomic E-state index is -3.38. The molecule has 102 valence electrons. The molecule has 1 fully saturated rings. The summed E-state index contributed by atoms with van der Waals surface area (Å²) in [6.45, 7) is 8.32. The van der Waals surface area contributed by atoms with Crippen molar-refractivity contribution in [2.75, 3.05) is 6.54 Å². The average molecular weight is 327 g/mol. The molecule has 0 amide bonds. The van der Waals surface area contributed by atoms with E-state index in [1.54, 1.807) is 4.31 Å². The molecule has 17 heavy (non-hydrogen) atoms. The van der Waals surface area contributed by atoms with Crippen LogP contribution < -0.4 is 4.72 Å². The summed E-state index contributed by atoms with van der Waals surface area (Å²) < 4.78 is 29.0. The van der Waals surface area contributed by atoms with Crippen LogP contribution in [-0.4, -0.2) is 35.7 Å². The van der Waals surface area contributed by atoms with Gasteiger partial charge in [-0.15, -0.1) is 0 Å². The number of hydrogen-bond acceptors (Lipinski definition) is 2. The highest BCUT2D eigenvalue weighted by molar-refractivity contribution is 9.09. The maximum Gasteiger partial charge on any atom is 0.280 e. The molecule has 0 saturated carbocycles. The Morgan fingerprint density at radius 2 is 2.00 bits per heavy atom. The standard InChI is InChI=1S/C11H23BrN2O2S/c1-9-7-5-6-8-14(9)17(15,16)13-11(3,4)10(2)12/h9-10,13H,5-8H2,1-4H3. The molecule has 0 aromatic heterocycles. The number of halogens is 1. The van der Waals surface area contributed by atoms with Crippen molar-refractivity contribution < 1.29 is 8.42 Å². The quantitative estimate of drug-likeness (QED) is 0.805. The lowest BCUT2D eigenvalue weighted by atomic mass is 10.0. The summed E-state index contributed by atoms with van der Waals surface area (Å²) in [5.74, 6) is 0. The van der Waals surface area contributed by atoms with E-state index >= 15 is 0 Å². The number of piperidine rings is 1. The highest BCUT2D eigenvalue weighted by atomic mass is 79.9. The second-order valence-electron chi connectivity index (χ2n) is 5.40. The van der Waals surface area contributed by atoms with Gasteiger partial charge in [-0.2, -0.15) is 17.4 Å². The van der Waals surface area contributed by atoms with E-state index in [0.29, 0.717) is 6.54 Å². The molecule has 2 unspecified atom stereocenters. The van der Waals surface area contributed by atoms with Crippen molar-refractivity contribution in [1.82, 2.24) is 9.03 Å². The fraction of sp³-hybridized carbons (Fsp3) is 1.00. The first-order valence-electron chi connectivity index (χ1n) is 6.11. The molecule has 4 nitrogen and oxygen atoms in total. The second kappa shape index (κ2) is 5.55. The van der Waals surface area contributed by atoms with Crippen LogP contribution in [-0.2, 0) is 10.2 Å². The largest absolute Gasteiger partial charge is 0.280 e. The van der Waals surface area contributed by atoms with Gasteiger partial charge in [-0.1, -0.05) is 29.3 Å². The van der Waals surface area contributed by atoms with E-state index in [1.807, 2.05) is 27.7 Å². The fourth-order valence-electron chi connectivity index (χ4n) is 1.90. The fourth-order valence-corrected chi connectivity index (χ4v) is 4.07. The molecule has 0 radical (unpaired) electrons. The Balaban J connectivity index is 2.81. The highest BCUT2D eigenvalue weighted by Crippen LogP contribution is 2.23. The van der Waals surface area contributed by atoms with Crippen LogP contribution in [0.25, 0.3) is 0 Å². The normalized spacial score (nSPS) is 25.8. The lowest BCUT2D eigenvalue weighted by molar-refractivity contribution is 0.260. The van der Waals surface area contributed by atoms with Crippen LogP contribution in [0, 0.1) is 0 Å². The van der Waals surface area contributed by atoms with E-state index in [0.717, 1.165) is 19.3 Å². The van der Waals surface area contributed by atoms with Crippen molar-refractivity contribution >= 4 is 26.1 Å². The van der Waals surface area contributed by atoms with Gasteiger partial charge in [0.05, 0.1) is 0 Å². The number of hydrogen-bond donors (Lipinski definition) is 1. The molecular formula is C11H23BrN2O2S. The zero-order chi connectivity index (χ0) is 13.3. The van der Waals surface area contributed by atoms with Crippen molar-refractivity contribution in [2.45, 2.75) is 63.4 Å². The Hall–Kier alpha value is 0.350. The third kappa shape index (κ3) is 3.91. The Morgan fingerprint density at radius 3 is 2.47 bits per heavy atom. The van der Waals surface area contributed by atoms with Gasteiger partial charge in [0, 0.05) is 23.0 Å². The Labute approximate surface area is 113 Å². The van der Waals surface area contributed by atoms with Gasteiger partial charge in [0.1, 0.15) is 0 Å². The molecule has 6 heteroatoms. The van der Waals surface area contributed by atoms with Gasteiger partial charge in [0.25, 0.3) is 10.2 Å². The average Bonchev–Trinajstić information content (AvgIpc) is 2.16. The van der Waals surface area contributed by atoms with Gasteiger partial charge in [-0.3, -0.25) is 0 Å². The maximum atomic E-state index is 12.3. The molecule has 1 rings (SSSR count). The van der Waals surface area contributed by atoms with E-state index < -0.39 is 15.7 Å². The Morgan fingerprint density at radius 1 is 1.41 bits per heavy atom. The van der Waals surface area contributed by atoms with Gasteiger partial charge in [-0.05, 0) is 33.6 Å². The molecule has 0 aromatic rings. The van der Waals surface area contributed by atoms with Crippen LogP contribution >= 0.6 is 15.9 Å². The maximum absolute atomic E-state index is 12.3. The minimum absolute atomic E-state index is 0.0740. The summed E-state index contributed by atoms with van der Waals surface area (Å²) in [5.41, 5.74) is -0.490. The molecule has 0 spiro atoms. The van der Waals surface area contributed by atoms with Gasteiger partial charge in [-0.25, -0.2) is 0 Å². The number of alkyl halides is 1. The van der Waals surface area contributed by atoms with Crippen LogP contribution in [0.4, 0.5) is 0 Å². The smallest absolute Gasteiger partial charge is 0.195 e. The summed E-state index contributed by atoms with van der Waals surface area (Å²) in [4.78, 5) is 0.0740. The first kappa shape index (κ1) is 15.4. The predicted molar refractivity (Wildman–Crippen MR) is 74.5 cm³/mol. The molecule has 1 aliphatic rings. The van der Waals surface area contributed by atoms with E-state index in [4.69, 9.17) is 0 Å². The summed E-state index contributed by atoms with van der Waals surface area (Å²) in [5, 5.41) is 0. The van der Waals surface area contributed by atoms with Gasteiger partial charge >= 0.3 is 0 Å². The third-order valence-corrected chi connectivity index (χ3v) is 6.53. The van der Waals surface area contributed by atoms with Crippen molar-refractivity contribution in [3.05, 3.63) is 0 Å². The first-order valence-corrected chi connectivity index (χ1v) is 8.47. The van der Waals surface area contributed by atoms with Crippen LogP contribution in [0.15, 0.2) is 0 Å². The molecule has 1 saturated heterocycles. The molecule has 0 bridgehead atoms. The molecule has 0 aromatic carbocycles. The predicted octanol–water partition coefficient (Wildman–Crippen LogP) is 2.26. The Kier molecular flexibility index (Phi) is 5.03. The van der Waals surface area contributed by atoms with E-state index in [2.05, 4.69) is 20.7 Å². The zero-order valence-corrected chi connectivity index (χ0v) is 13.4. The minimum Gasteiger partial charge on any atom is -0.195 e. The van der Waals surface area contributed by atoms with E-state index in [1.165, 1.54) is 0 Å². The van der Waals surface area contributed by atoms with Crippen molar-refractivity contribution in [3.63, 3.8) is 0 Å². The zero-order valence-electron chi connectivity index (χ0n) is 11.0. The van der Waals surface area contributed by atoms with Crippen LogP contribution in [0.2, 0.25) is 0 Å². The summed E-state index contributed by atoms with van der Waals surface area (Å²) in [6, 6.07) is 0.0997. The van der Waals surface area contributed by atoms with E-state index in [9.17, 15) is 8.42 Å². The molecule has 2 atom stereocenters. The van der Waals surface area contributed by atoms with Gasteiger partial charge < -0.3 is 0 Å². The van der Waals surface area contributed by atoms with Crippen molar-refractivity contribution in [3.8, 4) is 0 Å². The topological polar surface area (TPSA) is 49.4 Å². The summed E-state index contributed by atoms with van der Waals surface area (Å²) in [6.07, 6.45) is 3.02.